The standard InChI is InChI=1S/C63H121NO5/c1-3-5-7-9-11-13-15-17-19-21-22-23-24-25-26-27-28-29-30-32-35-39-43-47-51-55-61(66)60(59-65)64-62(67)56-52-48-44-40-36-34-38-42-46-50-54-58-69-63(68)57-53-49-45-41-37-33-31-20-18-16-14-12-10-8-6-4-2/h14,16,20,31,60-61,65-66H,3-13,15,17-19,21-30,32-59H2,1-2H3,(H,64,67)/b16-14-,31-20-. The predicted octanol–water partition coefficient (Wildman–Crippen LogP) is 19.4. The third kappa shape index (κ3) is 55.5. The van der Waals surface area contributed by atoms with E-state index < -0.39 is 12.1 Å². The van der Waals surface area contributed by atoms with Gasteiger partial charge in [0.15, 0.2) is 0 Å². The van der Waals surface area contributed by atoms with Crippen LogP contribution < -0.4 is 5.32 Å². The highest BCUT2D eigenvalue weighted by Gasteiger charge is 2.20. The molecule has 0 saturated carbocycles. The van der Waals surface area contributed by atoms with Gasteiger partial charge in [-0.05, 0) is 57.8 Å². The third-order valence-electron chi connectivity index (χ3n) is 14.5. The Bertz CT molecular complexity index is 1080. The van der Waals surface area contributed by atoms with Gasteiger partial charge >= 0.3 is 5.97 Å². The van der Waals surface area contributed by atoms with Crippen molar-refractivity contribution in [1.29, 1.82) is 0 Å². The van der Waals surface area contributed by atoms with Crippen LogP contribution in [0.3, 0.4) is 0 Å². The number of ether oxygens (including phenoxy) is 1. The molecule has 0 heterocycles. The lowest BCUT2D eigenvalue weighted by Crippen LogP contribution is -2.45. The summed E-state index contributed by atoms with van der Waals surface area (Å²) < 4.78 is 5.47. The number of esters is 1. The maximum atomic E-state index is 12.5. The topological polar surface area (TPSA) is 95.9 Å². The molecule has 6 heteroatoms. The average molecular weight is 973 g/mol. The minimum atomic E-state index is -0.679. The van der Waals surface area contributed by atoms with E-state index in [4.69, 9.17) is 4.74 Å². The Hall–Kier alpha value is -1.66. The summed E-state index contributed by atoms with van der Waals surface area (Å²) in [5.74, 6) is -0.0769. The van der Waals surface area contributed by atoms with E-state index in [0.29, 0.717) is 25.9 Å². The number of nitrogens with one attached hydrogen (secondary N) is 1. The highest BCUT2D eigenvalue weighted by atomic mass is 16.5. The van der Waals surface area contributed by atoms with Crippen molar-refractivity contribution in [3.8, 4) is 0 Å². The number of aliphatic hydroxyl groups is 2. The number of allylic oxidation sites excluding steroid dienone is 4. The molecule has 0 aliphatic heterocycles. The molecule has 0 saturated heterocycles. The van der Waals surface area contributed by atoms with Crippen LogP contribution in [0.4, 0.5) is 0 Å². The molecule has 1 amide bonds. The minimum Gasteiger partial charge on any atom is -0.466 e. The minimum absolute atomic E-state index is 0.0258. The normalized spacial score (nSPS) is 12.7. The molecule has 2 unspecified atom stereocenters. The molecule has 0 aromatic carbocycles. The van der Waals surface area contributed by atoms with Crippen LogP contribution in [0.5, 0.6) is 0 Å². The average Bonchev–Trinajstić information content (AvgIpc) is 3.35. The van der Waals surface area contributed by atoms with Crippen LogP contribution in [0.1, 0.15) is 341 Å². The molecule has 0 aromatic heterocycles. The number of unbranched alkanes of at least 4 members (excludes halogenated alkanes) is 43. The van der Waals surface area contributed by atoms with E-state index in [-0.39, 0.29) is 18.5 Å². The first-order valence-electron chi connectivity index (χ1n) is 31.1. The Kier molecular flexibility index (Phi) is 57.5. The fourth-order valence-electron chi connectivity index (χ4n) is 9.73. The highest BCUT2D eigenvalue weighted by Crippen LogP contribution is 2.18. The highest BCUT2D eigenvalue weighted by molar-refractivity contribution is 5.76. The molecule has 0 radical (unpaired) electrons. The van der Waals surface area contributed by atoms with Crippen molar-refractivity contribution in [2.45, 2.75) is 353 Å². The van der Waals surface area contributed by atoms with Crippen LogP contribution in [0.15, 0.2) is 24.3 Å². The zero-order chi connectivity index (χ0) is 50.0. The summed E-state index contributed by atoms with van der Waals surface area (Å²) in [4.78, 5) is 24.6. The van der Waals surface area contributed by atoms with Gasteiger partial charge in [-0.3, -0.25) is 9.59 Å². The van der Waals surface area contributed by atoms with Gasteiger partial charge in [-0.1, -0.05) is 295 Å². The van der Waals surface area contributed by atoms with Crippen LogP contribution >= 0.6 is 0 Å². The lowest BCUT2D eigenvalue weighted by Gasteiger charge is -2.22. The predicted molar refractivity (Wildman–Crippen MR) is 301 cm³/mol. The summed E-state index contributed by atoms with van der Waals surface area (Å²) in [5.41, 5.74) is 0. The van der Waals surface area contributed by atoms with Crippen molar-refractivity contribution < 1.29 is 24.5 Å². The molecule has 2 atom stereocenters. The monoisotopic (exact) mass is 972 g/mol. The third-order valence-corrected chi connectivity index (χ3v) is 14.5. The van der Waals surface area contributed by atoms with E-state index in [2.05, 4.69) is 43.5 Å². The Morgan fingerprint density at radius 3 is 1.12 bits per heavy atom. The molecule has 0 bridgehead atoms. The van der Waals surface area contributed by atoms with Crippen molar-refractivity contribution in [2.24, 2.45) is 0 Å². The second-order valence-electron chi connectivity index (χ2n) is 21.4. The smallest absolute Gasteiger partial charge is 0.305 e. The first kappa shape index (κ1) is 67.3. The Balaban J connectivity index is 3.45. The number of hydrogen-bond acceptors (Lipinski definition) is 5. The maximum Gasteiger partial charge on any atom is 0.305 e. The van der Waals surface area contributed by atoms with E-state index in [9.17, 15) is 19.8 Å². The van der Waals surface area contributed by atoms with E-state index in [1.165, 1.54) is 238 Å². The van der Waals surface area contributed by atoms with Gasteiger partial charge in [-0.25, -0.2) is 0 Å². The van der Waals surface area contributed by atoms with Crippen LogP contribution in [-0.4, -0.2) is 47.4 Å². The Labute approximate surface area is 431 Å². The van der Waals surface area contributed by atoms with Gasteiger partial charge in [0.2, 0.25) is 5.91 Å². The van der Waals surface area contributed by atoms with Gasteiger partial charge in [-0.2, -0.15) is 0 Å². The quantitative estimate of drug-likeness (QED) is 0.0321. The van der Waals surface area contributed by atoms with Gasteiger partial charge in [0.25, 0.3) is 0 Å². The molecule has 408 valence electrons. The van der Waals surface area contributed by atoms with E-state index in [1.54, 1.807) is 0 Å². The van der Waals surface area contributed by atoms with Gasteiger partial charge in [0.05, 0.1) is 25.4 Å². The number of carbonyl (C=O) groups excluding carboxylic acids is 2. The van der Waals surface area contributed by atoms with Gasteiger partial charge in [0.1, 0.15) is 0 Å². The molecule has 0 aromatic rings. The Morgan fingerprint density at radius 1 is 0.406 bits per heavy atom. The van der Waals surface area contributed by atoms with E-state index in [1.807, 2.05) is 0 Å². The molecule has 3 N–H and O–H groups in total. The molecular formula is C63H121NO5. The van der Waals surface area contributed by atoms with Crippen LogP contribution in [-0.2, 0) is 14.3 Å². The molecule has 69 heavy (non-hydrogen) atoms. The first-order valence-corrected chi connectivity index (χ1v) is 31.1. The summed E-state index contributed by atoms with van der Waals surface area (Å²) in [6, 6.07) is -0.558. The second kappa shape index (κ2) is 58.9. The van der Waals surface area contributed by atoms with Crippen molar-refractivity contribution in [3.63, 3.8) is 0 Å². The fourth-order valence-corrected chi connectivity index (χ4v) is 9.73. The van der Waals surface area contributed by atoms with Crippen molar-refractivity contribution in [1.82, 2.24) is 5.32 Å². The van der Waals surface area contributed by atoms with E-state index >= 15 is 0 Å². The second-order valence-corrected chi connectivity index (χ2v) is 21.4. The lowest BCUT2D eigenvalue weighted by molar-refractivity contribution is -0.143. The summed E-state index contributed by atoms with van der Waals surface area (Å²) in [6.45, 7) is 4.91. The largest absolute Gasteiger partial charge is 0.466 e. The number of carbonyl (C=O) groups is 2. The molecule has 6 nitrogen and oxygen atoms in total. The van der Waals surface area contributed by atoms with Crippen LogP contribution in [0.25, 0.3) is 0 Å². The van der Waals surface area contributed by atoms with Gasteiger partial charge in [0, 0.05) is 12.8 Å². The fraction of sp³-hybridized carbons (Fsp3) is 0.905. The lowest BCUT2D eigenvalue weighted by atomic mass is 10.0. The molecule has 0 spiro atoms. The van der Waals surface area contributed by atoms with Crippen LogP contribution in [0, 0.1) is 0 Å². The number of aliphatic hydroxyl groups excluding tert-OH is 2. The molecule has 0 aliphatic carbocycles. The van der Waals surface area contributed by atoms with E-state index in [0.717, 1.165) is 70.6 Å². The summed E-state index contributed by atoms with van der Waals surface area (Å²) in [5, 5.41) is 23.4. The zero-order valence-electron chi connectivity index (χ0n) is 46.6. The zero-order valence-corrected chi connectivity index (χ0v) is 46.6. The molecule has 0 rings (SSSR count). The Morgan fingerprint density at radius 2 is 0.725 bits per heavy atom. The number of rotatable bonds is 58. The SMILES string of the molecule is CCCCCC/C=C\C/C=C\CCCCCCCC(=O)OCCCCCCCCCCCCCC(=O)NC(CO)C(O)CCCCCCCCCCCCCCCCCCCCCCCCCCC. The van der Waals surface area contributed by atoms with Crippen molar-refractivity contribution in [2.75, 3.05) is 13.2 Å². The summed E-state index contributed by atoms with van der Waals surface area (Å²) in [6.07, 6.45) is 71.8. The van der Waals surface area contributed by atoms with Gasteiger partial charge in [-0.15, -0.1) is 0 Å². The van der Waals surface area contributed by atoms with Crippen molar-refractivity contribution in [3.05, 3.63) is 24.3 Å². The number of amides is 1. The molecule has 0 fully saturated rings. The van der Waals surface area contributed by atoms with Crippen LogP contribution in [0.2, 0.25) is 0 Å². The number of hydrogen-bond donors (Lipinski definition) is 3. The molecule has 0 aliphatic rings. The first-order chi connectivity index (χ1) is 34.0. The summed E-state index contributed by atoms with van der Waals surface area (Å²) in [7, 11) is 0. The van der Waals surface area contributed by atoms with Gasteiger partial charge < -0.3 is 20.3 Å². The molecular weight excluding hydrogens is 851 g/mol. The maximum absolute atomic E-state index is 12.5. The summed E-state index contributed by atoms with van der Waals surface area (Å²) >= 11 is 0. The van der Waals surface area contributed by atoms with Crippen molar-refractivity contribution >= 4 is 11.9 Å².